The molecule has 2 rings (SSSR count). The van der Waals surface area contributed by atoms with Crippen molar-refractivity contribution in [1.82, 2.24) is 4.37 Å². The summed E-state index contributed by atoms with van der Waals surface area (Å²) in [5, 5.41) is 4.17. The predicted octanol–water partition coefficient (Wildman–Crippen LogP) is 2.75. The van der Waals surface area contributed by atoms with Crippen LogP contribution in [0.2, 0.25) is 0 Å². The van der Waals surface area contributed by atoms with Crippen molar-refractivity contribution in [1.29, 1.82) is 0 Å². The fourth-order valence-electron chi connectivity index (χ4n) is 2.90. The zero-order valence-corrected chi connectivity index (χ0v) is 12.4. The normalized spacial score (nSPS) is 26.4. The van der Waals surface area contributed by atoms with Crippen LogP contribution in [0.1, 0.15) is 43.5 Å². The molecule has 0 aliphatic heterocycles. The number of nitrogen functional groups attached to an aromatic ring is 1. The summed E-state index contributed by atoms with van der Waals surface area (Å²) in [7, 11) is 1.36. The van der Waals surface area contributed by atoms with Gasteiger partial charge in [-0.3, -0.25) is 0 Å². The molecule has 0 amide bonds. The molecule has 3 N–H and O–H groups in total. The van der Waals surface area contributed by atoms with E-state index in [2.05, 4.69) is 23.5 Å². The SMILES string of the molecule is CCC1CCC(Nc2snc(N)c2C(=O)OC)C1C. The van der Waals surface area contributed by atoms with Crippen LogP contribution in [0.4, 0.5) is 10.8 Å². The molecule has 5 nitrogen and oxygen atoms in total. The molecular formula is C13H21N3O2S. The van der Waals surface area contributed by atoms with Crippen LogP contribution in [0.25, 0.3) is 0 Å². The smallest absolute Gasteiger partial charge is 0.344 e. The minimum absolute atomic E-state index is 0.247. The standard InChI is InChI=1S/C13H21N3O2S/c1-4-8-5-6-9(7(8)2)15-12-10(13(17)18-3)11(14)16-19-12/h7-9,15H,4-6H2,1-3H3,(H2,14,16). The Morgan fingerprint density at radius 2 is 2.32 bits per heavy atom. The van der Waals surface area contributed by atoms with E-state index in [1.807, 2.05) is 0 Å². The summed E-state index contributed by atoms with van der Waals surface area (Å²) >= 11 is 1.23. The van der Waals surface area contributed by atoms with Gasteiger partial charge in [0.1, 0.15) is 10.6 Å². The quantitative estimate of drug-likeness (QED) is 0.831. The number of aromatic nitrogens is 1. The van der Waals surface area contributed by atoms with Gasteiger partial charge in [0.15, 0.2) is 5.82 Å². The van der Waals surface area contributed by atoms with E-state index >= 15 is 0 Å². The molecule has 0 bridgehead atoms. The lowest BCUT2D eigenvalue weighted by molar-refractivity contribution is 0.0603. The van der Waals surface area contributed by atoms with Gasteiger partial charge in [-0.1, -0.05) is 20.3 Å². The van der Waals surface area contributed by atoms with Gasteiger partial charge in [-0.25, -0.2) is 4.79 Å². The van der Waals surface area contributed by atoms with Crippen LogP contribution >= 0.6 is 11.5 Å². The van der Waals surface area contributed by atoms with Crippen molar-refractivity contribution in [3.05, 3.63) is 5.56 Å². The van der Waals surface area contributed by atoms with Crippen molar-refractivity contribution >= 4 is 28.3 Å². The van der Waals surface area contributed by atoms with E-state index < -0.39 is 5.97 Å². The summed E-state index contributed by atoms with van der Waals surface area (Å²) in [6.07, 6.45) is 3.56. The lowest BCUT2D eigenvalue weighted by Gasteiger charge is -2.21. The third-order valence-corrected chi connectivity index (χ3v) is 4.97. The first-order valence-corrected chi connectivity index (χ1v) is 7.45. The summed E-state index contributed by atoms with van der Waals surface area (Å²) in [5.74, 6) is 1.17. The summed E-state index contributed by atoms with van der Waals surface area (Å²) in [4.78, 5) is 11.7. The number of ether oxygens (including phenoxy) is 1. The Labute approximate surface area is 117 Å². The Morgan fingerprint density at radius 1 is 1.58 bits per heavy atom. The first-order valence-electron chi connectivity index (χ1n) is 6.68. The highest BCUT2D eigenvalue weighted by molar-refractivity contribution is 7.11. The average Bonchev–Trinajstić information content (AvgIpc) is 2.94. The molecule has 1 aromatic heterocycles. The highest BCUT2D eigenvalue weighted by atomic mass is 32.1. The number of nitrogens with one attached hydrogen (secondary N) is 1. The maximum Gasteiger partial charge on any atom is 0.344 e. The summed E-state index contributed by atoms with van der Waals surface area (Å²) in [5.41, 5.74) is 6.11. The molecule has 1 heterocycles. The number of esters is 1. The van der Waals surface area contributed by atoms with Crippen LogP contribution < -0.4 is 11.1 Å². The van der Waals surface area contributed by atoms with Crippen LogP contribution in [-0.4, -0.2) is 23.5 Å². The average molecular weight is 283 g/mol. The van der Waals surface area contributed by atoms with Gasteiger partial charge < -0.3 is 15.8 Å². The number of hydrogen-bond donors (Lipinski definition) is 2. The molecule has 1 aliphatic rings. The number of nitrogens with two attached hydrogens (primary N) is 1. The maximum atomic E-state index is 11.7. The summed E-state index contributed by atoms with van der Waals surface area (Å²) < 4.78 is 8.81. The monoisotopic (exact) mass is 283 g/mol. The van der Waals surface area contributed by atoms with E-state index in [-0.39, 0.29) is 5.82 Å². The second-order valence-electron chi connectivity index (χ2n) is 5.12. The van der Waals surface area contributed by atoms with Crippen LogP contribution in [0.3, 0.4) is 0 Å². The zero-order valence-electron chi connectivity index (χ0n) is 11.6. The van der Waals surface area contributed by atoms with Crippen LogP contribution in [-0.2, 0) is 4.74 Å². The third kappa shape index (κ3) is 2.68. The Hall–Kier alpha value is -1.30. The Balaban J connectivity index is 2.14. The van der Waals surface area contributed by atoms with Crippen molar-refractivity contribution in [3.8, 4) is 0 Å². The molecule has 0 radical (unpaired) electrons. The van der Waals surface area contributed by atoms with Crippen molar-refractivity contribution in [2.24, 2.45) is 11.8 Å². The van der Waals surface area contributed by atoms with E-state index in [0.717, 1.165) is 17.3 Å². The molecule has 1 saturated carbocycles. The molecule has 1 aliphatic carbocycles. The topological polar surface area (TPSA) is 77.2 Å². The Morgan fingerprint density at radius 3 is 2.89 bits per heavy atom. The van der Waals surface area contributed by atoms with Crippen LogP contribution in [0.5, 0.6) is 0 Å². The van der Waals surface area contributed by atoms with Gasteiger partial charge >= 0.3 is 5.97 Å². The summed E-state index contributed by atoms with van der Waals surface area (Å²) in [6, 6.07) is 0.383. The second-order valence-corrected chi connectivity index (χ2v) is 5.89. The first-order chi connectivity index (χ1) is 9.08. The van der Waals surface area contributed by atoms with E-state index in [4.69, 9.17) is 10.5 Å². The fourth-order valence-corrected chi connectivity index (χ4v) is 3.66. The number of methoxy groups -OCH3 is 1. The Bertz CT molecular complexity index is 461. The molecule has 0 aromatic carbocycles. The van der Waals surface area contributed by atoms with Crippen molar-refractivity contribution in [2.45, 2.75) is 39.2 Å². The Kier molecular flexibility index (Phi) is 4.29. The number of nitrogens with zero attached hydrogens (tertiary/aromatic N) is 1. The van der Waals surface area contributed by atoms with E-state index in [0.29, 0.717) is 17.5 Å². The van der Waals surface area contributed by atoms with Crippen LogP contribution in [0.15, 0.2) is 0 Å². The minimum Gasteiger partial charge on any atom is -0.465 e. The highest BCUT2D eigenvalue weighted by Gasteiger charge is 2.33. The number of anilines is 2. The molecular weight excluding hydrogens is 262 g/mol. The largest absolute Gasteiger partial charge is 0.465 e. The molecule has 3 atom stereocenters. The number of hydrogen-bond acceptors (Lipinski definition) is 6. The van der Waals surface area contributed by atoms with Gasteiger partial charge in [-0.05, 0) is 36.2 Å². The second kappa shape index (κ2) is 5.77. The molecule has 6 heteroatoms. The summed E-state index contributed by atoms with van der Waals surface area (Å²) in [6.45, 7) is 4.50. The van der Waals surface area contributed by atoms with Crippen molar-refractivity contribution < 1.29 is 9.53 Å². The first kappa shape index (κ1) is 14.1. The minimum atomic E-state index is -0.425. The van der Waals surface area contributed by atoms with Gasteiger partial charge in [-0.2, -0.15) is 4.37 Å². The molecule has 1 fully saturated rings. The maximum absolute atomic E-state index is 11.7. The van der Waals surface area contributed by atoms with Crippen molar-refractivity contribution in [3.63, 3.8) is 0 Å². The number of carbonyl (C=O) groups is 1. The highest BCUT2D eigenvalue weighted by Crippen LogP contribution is 2.37. The fraction of sp³-hybridized carbons (Fsp3) is 0.692. The number of rotatable bonds is 4. The van der Waals surface area contributed by atoms with E-state index in [9.17, 15) is 4.79 Å². The van der Waals surface area contributed by atoms with Gasteiger partial charge in [-0.15, -0.1) is 0 Å². The third-order valence-electron chi connectivity index (χ3n) is 4.18. The van der Waals surface area contributed by atoms with E-state index in [1.54, 1.807) is 0 Å². The van der Waals surface area contributed by atoms with Gasteiger partial charge in [0.25, 0.3) is 0 Å². The predicted molar refractivity (Wildman–Crippen MR) is 77.5 cm³/mol. The molecule has 1 aromatic rings. The van der Waals surface area contributed by atoms with Gasteiger partial charge in [0, 0.05) is 6.04 Å². The van der Waals surface area contributed by atoms with Crippen molar-refractivity contribution in [2.75, 3.05) is 18.2 Å². The lowest BCUT2D eigenvalue weighted by Crippen LogP contribution is -2.25. The molecule has 19 heavy (non-hydrogen) atoms. The molecule has 106 valence electrons. The molecule has 3 unspecified atom stereocenters. The molecule has 0 saturated heterocycles. The van der Waals surface area contributed by atoms with Crippen LogP contribution in [0, 0.1) is 11.8 Å². The van der Waals surface area contributed by atoms with Gasteiger partial charge in [0.05, 0.1) is 7.11 Å². The lowest BCUT2D eigenvalue weighted by atomic mass is 9.93. The van der Waals surface area contributed by atoms with Gasteiger partial charge in [0.2, 0.25) is 0 Å². The number of carbonyl (C=O) groups excluding carboxylic acids is 1. The zero-order chi connectivity index (χ0) is 14.0. The van der Waals surface area contributed by atoms with E-state index in [1.165, 1.54) is 31.5 Å². The molecule has 0 spiro atoms.